The van der Waals surface area contributed by atoms with Crippen molar-refractivity contribution >= 4 is 5.97 Å². The van der Waals surface area contributed by atoms with Crippen LogP contribution in [0.1, 0.15) is 13.3 Å². The smallest absolute Gasteiger partial charge is 0.310 e. The summed E-state index contributed by atoms with van der Waals surface area (Å²) >= 11 is 0. The Morgan fingerprint density at radius 3 is 2.75 bits per heavy atom. The van der Waals surface area contributed by atoms with Crippen LogP contribution < -0.4 is 0 Å². The van der Waals surface area contributed by atoms with Crippen molar-refractivity contribution in [2.75, 3.05) is 20.2 Å². The average molecular weight is 176 g/mol. The standard InChI is InChI=1S/C7H12O5/c1-2-10-6(8)3-7-11-4-9-5-12-7/h7H,2-5H2,1H3. The fourth-order valence-electron chi connectivity index (χ4n) is 0.804. The molecule has 0 aromatic heterocycles. The van der Waals surface area contributed by atoms with E-state index in [1.54, 1.807) is 6.92 Å². The van der Waals surface area contributed by atoms with Crippen LogP contribution in [0.2, 0.25) is 0 Å². The van der Waals surface area contributed by atoms with Gasteiger partial charge in [-0.05, 0) is 6.92 Å². The van der Waals surface area contributed by atoms with E-state index in [4.69, 9.17) is 18.9 Å². The van der Waals surface area contributed by atoms with E-state index in [1.807, 2.05) is 0 Å². The van der Waals surface area contributed by atoms with E-state index < -0.39 is 6.29 Å². The third kappa shape index (κ3) is 3.17. The summed E-state index contributed by atoms with van der Waals surface area (Å²) in [6, 6.07) is 0. The fraction of sp³-hybridized carbons (Fsp3) is 0.857. The molecule has 0 amide bonds. The van der Waals surface area contributed by atoms with Crippen LogP contribution in [-0.4, -0.2) is 32.5 Å². The zero-order valence-corrected chi connectivity index (χ0v) is 6.95. The predicted molar refractivity (Wildman–Crippen MR) is 38.0 cm³/mol. The largest absolute Gasteiger partial charge is 0.466 e. The third-order valence-electron chi connectivity index (χ3n) is 1.31. The Morgan fingerprint density at radius 1 is 1.50 bits per heavy atom. The first-order chi connectivity index (χ1) is 5.83. The zero-order chi connectivity index (χ0) is 8.81. The quantitative estimate of drug-likeness (QED) is 0.577. The molecule has 5 nitrogen and oxygen atoms in total. The number of esters is 1. The Bertz CT molecular complexity index is 141. The molecule has 1 aliphatic heterocycles. The van der Waals surface area contributed by atoms with Crippen molar-refractivity contribution in [2.24, 2.45) is 0 Å². The van der Waals surface area contributed by atoms with E-state index in [2.05, 4.69) is 0 Å². The van der Waals surface area contributed by atoms with Crippen LogP contribution in [0.15, 0.2) is 0 Å². The number of rotatable bonds is 3. The lowest BCUT2D eigenvalue weighted by Gasteiger charge is -2.22. The van der Waals surface area contributed by atoms with E-state index in [0.29, 0.717) is 6.61 Å². The first kappa shape index (κ1) is 9.44. The van der Waals surface area contributed by atoms with Crippen molar-refractivity contribution < 1.29 is 23.7 Å². The molecular weight excluding hydrogens is 164 g/mol. The van der Waals surface area contributed by atoms with Gasteiger partial charge in [0.2, 0.25) is 0 Å². The molecule has 1 fully saturated rings. The molecule has 1 saturated heterocycles. The Morgan fingerprint density at radius 2 is 2.17 bits per heavy atom. The van der Waals surface area contributed by atoms with Gasteiger partial charge in [-0.2, -0.15) is 0 Å². The fourth-order valence-corrected chi connectivity index (χ4v) is 0.804. The Hall–Kier alpha value is -0.650. The van der Waals surface area contributed by atoms with E-state index in [1.165, 1.54) is 0 Å². The second-order valence-electron chi connectivity index (χ2n) is 2.21. The maximum Gasteiger partial charge on any atom is 0.310 e. The minimum absolute atomic E-state index is 0.122. The summed E-state index contributed by atoms with van der Waals surface area (Å²) in [5.41, 5.74) is 0. The van der Waals surface area contributed by atoms with E-state index in [0.717, 1.165) is 0 Å². The Kier molecular flexibility index (Phi) is 3.99. The minimum atomic E-state index is -0.516. The molecule has 12 heavy (non-hydrogen) atoms. The zero-order valence-electron chi connectivity index (χ0n) is 6.95. The summed E-state index contributed by atoms with van der Waals surface area (Å²) < 4.78 is 19.3. The van der Waals surface area contributed by atoms with Gasteiger partial charge in [0.15, 0.2) is 19.9 Å². The molecule has 1 rings (SSSR count). The topological polar surface area (TPSA) is 54.0 Å². The molecule has 0 spiro atoms. The molecule has 0 saturated carbocycles. The maximum absolute atomic E-state index is 10.9. The highest BCUT2D eigenvalue weighted by Crippen LogP contribution is 2.07. The van der Waals surface area contributed by atoms with Gasteiger partial charge < -0.3 is 18.9 Å². The molecule has 0 aliphatic carbocycles. The molecule has 5 heteroatoms. The second-order valence-corrected chi connectivity index (χ2v) is 2.21. The lowest BCUT2D eigenvalue weighted by atomic mass is 10.4. The first-order valence-electron chi connectivity index (χ1n) is 3.79. The molecule has 0 aromatic rings. The molecule has 0 N–H and O–H groups in total. The summed E-state index contributed by atoms with van der Waals surface area (Å²) in [6.07, 6.45) is -0.394. The van der Waals surface area contributed by atoms with Gasteiger partial charge in [-0.15, -0.1) is 0 Å². The number of hydrogen-bond donors (Lipinski definition) is 0. The summed E-state index contributed by atoms with van der Waals surface area (Å²) in [7, 11) is 0. The van der Waals surface area contributed by atoms with Crippen molar-refractivity contribution in [3.8, 4) is 0 Å². The van der Waals surface area contributed by atoms with Gasteiger partial charge in [0.05, 0.1) is 13.0 Å². The molecule has 70 valence electrons. The van der Waals surface area contributed by atoms with E-state index >= 15 is 0 Å². The lowest BCUT2D eigenvalue weighted by Crippen LogP contribution is -2.29. The maximum atomic E-state index is 10.9. The molecule has 1 aliphatic rings. The van der Waals surface area contributed by atoms with Crippen LogP contribution in [0.4, 0.5) is 0 Å². The highest BCUT2D eigenvalue weighted by Gasteiger charge is 2.18. The van der Waals surface area contributed by atoms with Crippen LogP contribution >= 0.6 is 0 Å². The summed E-state index contributed by atoms with van der Waals surface area (Å²) in [5, 5.41) is 0. The molecule has 0 radical (unpaired) electrons. The van der Waals surface area contributed by atoms with Crippen molar-refractivity contribution in [2.45, 2.75) is 19.6 Å². The number of carbonyl (C=O) groups excluding carboxylic acids is 1. The van der Waals surface area contributed by atoms with E-state index in [9.17, 15) is 4.79 Å². The normalized spacial score (nSPS) is 19.1. The summed E-state index contributed by atoms with van der Waals surface area (Å²) in [4.78, 5) is 10.9. The van der Waals surface area contributed by atoms with Gasteiger partial charge in [0.1, 0.15) is 0 Å². The van der Waals surface area contributed by atoms with Gasteiger partial charge in [-0.1, -0.05) is 0 Å². The van der Waals surface area contributed by atoms with Gasteiger partial charge in [-0.25, -0.2) is 0 Å². The summed E-state index contributed by atoms with van der Waals surface area (Å²) in [6.45, 7) is 2.47. The number of ether oxygens (including phenoxy) is 4. The number of hydrogen-bond acceptors (Lipinski definition) is 5. The SMILES string of the molecule is CCOC(=O)CC1OCOCO1. The Labute approximate surface area is 70.5 Å². The van der Waals surface area contributed by atoms with Crippen molar-refractivity contribution in [3.05, 3.63) is 0 Å². The van der Waals surface area contributed by atoms with Crippen LogP contribution in [0, 0.1) is 0 Å². The van der Waals surface area contributed by atoms with Crippen molar-refractivity contribution in [1.82, 2.24) is 0 Å². The minimum Gasteiger partial charge on any atom is -0.466 e. The average Bonchev–Trinajstić information content (AvgIpc) is 2.06. The van der Waals surface area contributed by atoms with Crippen LogP contribution in [0.3, 0.4) is 0 Å². The second kappa shape index (κ2) is 5.08. The number of carbonyl (C=O) groups is 1. The highest BCUT2D eigenvalue weighted by molar-refractivity contribution is 5.69. The molecule has 0 aromatic carbocycles. The van der Waals surface area contributed by atoms with Crippen LogP contribution in [0.25, 0.3) is 0 Å². The highest BCUT2D eigenvalue weighted by atomic mass is 16.8. The first-order valence-corrected chi connectivity index (χ1v) is 3.79. The van der Waals surface area contributed by atoms with Crippen molar-refractivity contribution in [1.29, 1.82) is 0 Å². The molecule has 1 heterocycles. The van der Waals surface area contributed by atoms with Crippen LogP contribution in [0.5, 0.6) is 0 Å². The van der Waals surface area contributed by atoms with Crippen molar-refractivity contribution in [3.63, 3.8) is 0 Å². The molecule has 0 bridgehead atoms. The third-order valence-corrected chi connectivity index (χ3v) is 1.31. The Balaban J connectivity index is 2.15. The van der Waals surface area contributed by atoms with E-state index in [-0.39, 0.29) is 26.0 Å². The molecule has 0 unspecified atom stereocenters. The molecule has 0 atom stereocenters. The molecular formula is C7H12O5. The van der Waals surface area contributed by atoms with Gasteiger partial charge in [0, 0.05) is 0 Å². The van der Waals surface area contributed by atoms with Crippen LogP contribution in [-0.2, 0) is 23.7 Å². The van der Waals surface area contributed by atoms with Gasteiger partial charge in [0.25, 0.3) is 0 Å². The summed E-state index contributed by atoms with van der Waals surface area (Å²) in [5.74, 6) is -0.315. The lowest BCUT2D eigenvalue weighted by molar-refractivity contribution is -0.299. The monoisotopic (exact) mass is 176 g/mol. The van der Waals surface area contributed by atoms with Gasteiger partial charge in [-0.3, -0.25) is 4.79 Å². The van der Waals surface area contributed by atoms with Gasteiger partial charge >= 0.3 is 5.97 Å². The predicted octanol–water partition coefficient (Wildman–Crippen LogP) is 0.244.